The van der Waals surface area contributed by atoms with Crippen molar-refractivity contribution in [2.45, 2.75) is 0 Å². The van der Waals surface area contributed by atoms with Crippen molar-refractivity contribution in [3.8, 4) is 33.4 Å². The number of fused-ring (bicyclic) bond motifs is 12. The Morgan fingerprint density at radius 2 is 0.926 bits per heavy atom. The largest absolute Gasteiger partial charge is 0.455 e. The van der Waals surface area contributed by atoms with Gasteiger partial charge in [-0.05, 0) is 95.2 Å². The first-order valence-corrected chi connectivity index (χ1v) is 19.3. The molecule has 0 aliphatic carbocycles. The zero-order chi connectivity index (χ0) is 35.3. The van der Waals surface area contributed by atoms with Crippen LogP contribution in [0.4, 0.5) is 0 Å². The molecule has 0 N–H and O–H groups in total. The van der Waals surface area contributed by atoms with E-state index in [0.717, 1.165) is 27.7 Å². The third-order valence-electron chi connectivity index (χ3n) is 11.4. The van der Waals surface area contributed by atoms with E-state index in [0.29, 0.717) is 0 Å². The molecule has 250 valence electrons. The van der Waals surface area contributed by atoms with Crippen molar-refractivity contribution in [1.82, 2.24) is 0 Å². The van der Waals surface area contributed by atoms with Gasteiger partial charge >= 0.3 is 0 Å². The van der Waals surface area contributed by atoms with E-state index in [-0.39, 0.29) is 0 Å². The van der Waals surface area contributed by atoms with Crippen molar-refractivity contribution in [2.24, 2.45) is 0 Å². The van der Waals surface area contributed by atoms with Gasteiger partial charge in [0.1, 0.15) is 11.2 Å². The molecule has 10 aromatic carbocycles. The van der Waals surface area contributed by atoms with E-state index in [1.807, 2.05) is 11.3 Å². The average molecular weight is 703 g/mol. The Balaban J connectivity index is 1.13. The Morgan fingerprint density at radius 1 is 0.352 bits per heavy atom. The Bertz CT molecular complexity index is 3450. The summed E-state index contributed by atoms with van der Waals surface area (Å²) in [7, 11) is 0. The Hall–Kier alpha value is -6.74. The number of thiophene rings is 1. The van der Waals surface area contributed by atoms with E-state index in [4.69, 9.17) is 4.42 Å². The maximum Gasteiger partial charge on any atom is 0.143 e. The number of rotatable bonds is 3. The molecule has 0 bridgehead atoms. The molecule has 0 unspecified atom stereocenters. The van der Waals surface area contributed by atoms with Crippen molar-refractivity contribution in [2.75, 3.05) is 0 Å². The van der Waals surface area contributed by atoms with Crippen LogP contribution >= 0.6 is 11.3 Å². The summed E-state index contributed by atoms with van der Waals surface area (Å²) in [5.74, 6) is 0. The van der Waals surface area contributed by atoms with Gasteiger partial charge in [0.25, 0.3) is 0 Å². The monoisotopic (exact) mass is 702 g/mol. The molecule has 1 nitrogen and oxygen atoms in total. The van der Waals surface area contributed by atoms with E-state index in [9.17, 15) is 0 Å². The molecule has 0 radical (unpaired) electrons. The second kappa shape index (κ2) is 11.4. The first-order chi connectivity index (χ1) is 26.8. The van der Waals surface area contributed by atoms with Crippen LogP contribution in [0.15, 0.2) is 186 Å². The number of hydrogen-bond acceptors (Lipinski definition) is 2. The quantitative estimate of drug-likeness (QED) is 0.167. The van der Waals surface area contributed by atoms with Gasteiger partial charge in [0.05, 0.1) is 0 Å². The topological polar surface area (TPSA) is 13.1 Å². The van der Waals surface area contributed by atoms with Crippen LogP contribution in [0.2, 0.25) is 0 Å². The summed E-state index contributed by atoms with van der Waals surface area (Å²) in [5, 5.41) is 15.0. The summed E-state index contributed by atoms with van der Waals surface area (Å²) in [6.07, 6.45) is 0. The average Bonchev–Trinajstić information content (AvgIpc) is 3.81. The van der Waals surface area contributed by atoms with Gasteiger partial charge in [0.15, 0.2) is 0 Å². The molecule has 0 spiro atoms. The highest BCUT2D eigenvalue weighted by Crippen LogP contribution is 2.49. The zero-order valence-corrected chi connectivity index (χ0v) is 30.0. The molecule has 0 saturated carbocycles. The molecule has 0 aliphatic heterocycles. The summed E-state index contributed by atoms with van der Waals surface area (Å²) in [5.41, 5.74) is 9.07. The Kier molecular flexibility index (Phi) is 6.28. The molecular weight excluding hydrogens is 673 g/mol. The highest BCUT2D eigenvalue weighted by Gasteiger charge is 2.22. The third kappa shape index (κ3) is 4.26. The van der Waals surface area contributed by atoms with Crippen molar-refractivity contribution in [1.29, 1.82) is 0 Å². The fraction of sp³-hybridized carbons (Fsp3) is 0. The highest BCUT2D eigenvalue weighted by molar-refractivity contribution is 7.27. The summed E-state index contributed by atoms with van der Waals surface area (Å²) in [6.45, 7) is 0. The number of benzene rings is 10. The standard InChI is InChI=1S/C52H30OS/c1-2-14-33-28-36(25-24-31(33)12-1)48-40-20-7-5-18-38(40)47(39-19-6-8-21-41(39)48)35-16-11-15-34(29-35)44-30-46-49(50-42-22-9-10-23-45(42)53-51(44)50)43-27-26-32-13-3-4-17-37(32)52(43)54-46/h1-30H. The fourth-order valence-corrected chi connectivity index (χ4v) is 10.3. The number of furan rings is 1. The second-order valence-electron chi connectivity index (χ2n) is 14.3. The van der Waals surface area contributed by atoms with Crippen molar-refractivity contribution in [3.05, 3.63) is 182 Å². The Labute approximate surface area is 314 Å². The lowest BCUT2D eigenvalue weighted by molar-refractivity contribution is 0.670. The zero-order valence-electron chi connectivity index (χ0n) is 29.1. The molecule has 0 saturated heterocycles. The fourth-order valence-electron chi connectivity index (χ4n) is 9.03. The Morgan fingerprint density at radius 3 is 1.67 bits per heavy atom. The van der Waals surface area contributed by atoms with Crippen LogP contribution < -0.4 is 0 Å². The normalized spacial score (nSPS) is 12.1. The smallest absolute Gasteiger partial charge is 0.143 e. The van der Waals surface area contributed by atoms with Crippen LogP contribution in [-0.4, -0.2) is 0 Å². The van der Waals surface area contributed by atoms with Crippen molar-refractivity contribution >= 4 is 96.5 Å². The van der Waals surface area contributed by atoms with Gasteiger partial charge in [-0.15, -0.1) is 11.3 Å². The molecule has 0 atom stereocenters. The predicted molar refractivity (Wildman–Crippen MR) is 233 cm³/mol. The minimum Gasteiger partial charge on any atom is -0.455 e. The molecule has 0 aliphatic rings. The molecule has 54 heavy (non-hydrogen) atoms. The van der Waals surface area contributed by atoms with E-state index in [2.05, 4.69) is 182 Å². The number of hydrogen-bond donors (Lipinski definition) is 0. The lowest BCUT2D eigenvalue weighted by Gasteiger charge is -2.18. The van der Waals surface area contributed by atoms with Gasteiger partial charge in [0.2, 0.25) is 0 Å². The van der Waals surface area contributed by atoms with Crippen molar-refractivity contribution in [3.63, 3.8) is 0 Å². The third-order valence-corrected chi connectivity index (χ3v) is 12.6. The lowest BCUT2D eigenvalue weighted by atomic mass is 9.85. The van der Waals surface area contributed by atoms with E-state index >= 15 is 0 Å². The molecule has 2 heterocycles. The summed E-state index contributed by atoms with van der Waals surface area (Å²) < 4.78 is 9.44. The molecule has 0 fully saturated rings. The minimum absolute atomic E-state index is 0.916. The predicted octanol–water partition coefficient (Wildman–Crippen LogP) is 15.6. The number of para-hydroxylation sites is 1. The van der Waals surface area contributed by atoms with Gasteiger partial charge in [-0.2, -0.15) is 0 Å². The van der Waals surface area contributed by atoms with E-state index < -0.39 is 0 Å². The molecule has 0 amide bonds. The van der Waals surface area contributed by atoms with Gasteiger partial charge in [-0.3, -0.25) is 0 Å². The maximum absolute atomic E-state index is 6.84. The molecular formula is C52H30OS. The van der Waals surface area contributed by atoms with Crippen LogP contribution in [0.3, 0.4) is 0 Å². The van der Waals surface area contributed by atoms with Gasteiger partial charge < -0.3 is 4.42 Å². The SMILES string of the molecule is c1cc(-c2c3ccccc3c(-c3ccc4ccccc4c3)c3ccccc23)cc(-c2cc3sc4c5ccccc5ccc4c3c3c2oc2ccccc23)c1. The molecule has 2 heteroatoms. The minimum atomic E-state index is 0.916. The van der Waals surface area contributed by atoms with Crippen LogP contribution in [0, 0.1) is 0 Å². The van der Waals surface area contributed by atoms with Gasteiger partial charge in [-0.1, -0.05) is 158 Å². The first kappa shape index (κ1) is 29.8. The molecule has 2 aromatic heterocycles. The van der Waals surface area contributed by atoms with E-state index in [1.54, 1.807) is 0 Å². The molecule has 12 rings (SSSR count). The van der Waals surface area contributed by atoms with Crippen LogP contribution in [0.25, 0.3) is 119 Å². The van der Waals surface area contributed by atoms with Gasteiger partial charge in [0, 0.05) is 36.5 Å². The van der Waals surface area contributed by atoms with E-state index in [1.165, 1.54) is 90.9 Å². The van der Waals surface area contributed by atoms with Gasteiger partial charge in [-0.25, -0.2) is 0 Å². The molecule has 12 aromatic rings. The highest BCUT2D eigenvalue weighted by atomic mass is 32.1. The van der Waals surface area contributed by atoms with Crippen LogP contribution in [0.5, 0.6) is 0 Å². The second-order valence-corrected chi connectivity index (χ2v) is 15.4. The summed E-state index contributed by atoms with van der Waals surface area (Å²) in [6, 6.07) is 66.6. The first-order valence-electron chi connectivity index (χ1n) is 18.5. The van der Waals surface area contributed by atoms with Crippen LogP contribution in [0.1, 0.15) is 0 Å². The van der Waals surface area contributed by atoms with Crippen molar-refractivity contribution < 1.29 is 4.42 Å². The summed E-state index contributed by atoms with van der Waals surface area (Å²) in [4.78, 5) is 0. The summed E-state index contributed by atoms with van der Waals surface area (Å²) >= 11 is 1.89. The maximum atomic E-state index is 6.84. The lowest BCUT2D eigenvalue weighted by Crippen LogP contribution is -1.91. The van der Waals surface area contributed by atoms with Crippen LogP contribution in [-0.2, 0) is 0 Å².